The van der Waals surface area contributed by atoms with Gasteiger partial charge in [0.15, 0.2) is 0 Å². The molecule has 6 heteroatoms. The van der Waals surface area contributed by atoms with Gasteiger partial charge in [-0.2, -0.15) is 0 Å². The van der Waals surface area contributed by atoms with Gasteiger partial charge in [0.25, 0.3) is 5.91 Å². The maximum atomic E-state index is 11.6. The van der Waals surface area contributed by atoms with E-state index in [0.29, 0.717) is 18.1 Å². The first-order valence-corrected chi connectivity index (χ1v) is 8.06. The third-order valence-corrected chi connectivity index (χ3v) is 4.78. The van der Waals surface area contributed by atoms with E-state index >= 15 is 0 Å². The second-order valence-electron chi connectivity index (χ2n) is 6.82. The number of nitrogens with zero attached hydrogens (tertiary/aromatic N) is 2. The number of aromatic nitrogens is 2. The Morgan fingerprint density at radius 3 is 2.91 bits per heavy atom. The number of ether oxygens (including phenoxy) is 1. The predicted molar refractivity (Wildman–Crippen MR) is 83.7 cm³/mol. The van der Waals surface area contributed by atoms with E-state index in [1.54, 1.807) is 6.20 Å². The average Bonchev–Trinajstić information content (AvgIpc) is 2.46. The molecule has 2 fully saturated rings. The number of carbonyl (C=O) groups excluding carboxylic acids is 1. The number of nitrogens with one attached hydrogen (secondary N) is 1. The molecule has 0 unspecified atom stereocenters. The maximum Gasteiger partial charge on any atom is 0.252 e. The fraction of sp³-hybridized carbons (Fsp3) is 0.688. The standard InChI is InChI=1S/C16H24N4O2/c1-16(5-3-6-16)8-13-12(14(17)21)9-18-15(20-13)19-11-4-2-7-22-10-11/h9,11H,2-8,10H2,1H3,(H2,17,21)(H,18,19,20)/t11-/m0/s1. The summed E-state index contributed by atoms with van der Waals surface area (Å²) < 4.78 is 5.46. The number of carbonyl (C=O) groups is 1. The molecule has 1 saturated carbocycles. The Hall–Kier alpha value is -1.69. The Morgan fingerprint density at radius 1 is 1.50 bits per heavy atom. The first-order valence-electron chi connectivity index (χ1n) is 8.06. The molecule has 2 heterocycles. The zero-order valence-electron chi connectivity index (χ0n) is 13.1. The Balaban J connectivity index is 1.78. The lowest BCUT2D eigenvalue weighted by molar-refractivity contribution is 0.0873. The van der Waals surface area contributed by atoms with Gasteiger partial charge in [-0.3, -0.25) is 4.79 Å². The Labute approximate surface area is 130 Å². The highest BCUT2D eigenvalue weighted by atomic mass is 16.5. The van der Waals surface area contributed by atoms with Crippen LogP contribution < -0.4 is 11.1 Å². The molecule has 1 aromatic heterocycles. The van der Waals surface area contributed by atoms with Gasteiger partial charge in [0.1, 0.15) is 0 Å². The van der Waals surface area contributed by atoms with E-state index in [1.165, 1.54) is 19.3 Å². The van der Waals surface area contributed by atoms with Crippen LogP contribution in [-0.2, 0) is 11.2 Å². The van der Waals surface area contributed by atoms with Crippen molar-refractivity contribution in [1.82, 2.24) is 9.97 Å². The van der Waals surface area contributed by atoms with Gasteiger partial charge in [-0.05, 0) is 37.5 Å². The largest absolute Gasteiger partial charge is 0.379 e. The lowest BCUT2D eigenvalue weighted by atomic mass is 9.67. The van der Waals surface area contributed by atoms with Crippen molar-refractivity contribution in [3.63, 3.8) is 0 Å². The van der Waals surface area contributed by atoms with Crippen molar-refractivity contribution in [2.24, 2.45) is 11.1 Å². The highest BCUT2D eigenvalue weighted by molar-refractivity contribution is 5.93. The van der Waals surface area contributed by atoms with Gasteiger partial charge < -0.3 is 15.8 Å². The van der Waals surface area contributed by atoms with E-state index in [0.717, 1.165) is 31.6 Å². The van der Waals surface area contributed by atoms with Crippen LogP contribution in [-0.4, -0.2) is 35.1 Å². The summed E-state index contributed by atoms with van der Waals surface area (Å²) in [7, 11) is 0. The zero-order valence-corrected chi connectivity index (χ0v) is 13.1. The summed E-state index contributed by atoms with van der Waals surface area (Å²) >= 11 is 0. The van der Waals surface area contributed by atoms with E-state index in [4.69, 9.17) is 10.5 Å². The summed E-state index contributed by atoms with van der Waals surface area (Å²) in [5, 5.41) is 3.31. The monoisotopic (exact) mass is 304 g/mol. The number of anilines is 1. The maximum absolute atomic E-state index is 11.6. The van der Waals surface area contributed by atoms with Crippen LogP contribution in [0.1, 0.15) is 55.1 Å². The summed E-state index contributed by atoms with van der Waals surface area (Å²) in [6, 6.07) is 0.236. The van der Waals surface area contributed by atoms with Crippen molar-refractivity contribution >= 4 is 11.9 Å². The molecule has 1 atom stereocenters. The van der Waals surface area contributed by atoms with Crippen LogP contribution in [0.2, 0.25) is 0 Å². The fourth-order valence-electron chi connectivity index (χ4n) is 3.23. The van der Waals surface area contributed by atoms with Crippen LogP contribution in [0.25, 0.3) is 0 Å². The number of hydrogen-bond donors (Lipinski definition) is 2. The average molecular weight is 304 g/mol. The Bertz CT molecular complexity index is 551. The summed E-state index contributed by atoms with van der Waals surface area (Å²) in [5.74, 6) is 0.115. The smallest absolute Gasteiger partial charge is 0.252 e. The van der Waals surface area contributed by atoms with Crippen molar-refractivity contribution in [1.29, 1.82) is 0 Å². The number of nitrogens with two attached hydrogens (primary N) is 1. The van der Waals surface area contributed by atoms with Crippen molar-refractivity contribution in [2.75, 3.05) is 18.5 Å². The molecule has 0 spiro atoms. The van der Waals surface area contributed by atoms with Crippen LogP contribution in [0.15, 0.2) is 6.20 Å². The number of hydrogen-bond acceptors (Lipinski definition) is 5. The second-order valence-corrected chi connectivity index (χ2v) is 6.82. The number of rotatable bonds is 5. The van der Waals surface area contributed by atoms with Crippen molar-refractivity contribution < 1.29 is 9.53 Å². The minimum Gasteiger partial charge on any atom is -0.379 e. The van der Waals surface area contributed by atoms with Crippen LogP contribution in [0.3, 0.4) is 0 Å². The molecule has 1 aliphatic heterocycles. The van der Waals surface area contributed by atoms with Gasteiger partial charge >= 0.3 is 0 Å². The lowest BCUT2D eigenvalue weighted by Gasteiger charge is -2.38. The molecule has 0 bridgehead atoms. The molecule has 2 aliphatic rings. The third kappa shape index (κ3) is 3.38. The van der Waals surface area contributed by atoms with Gasteiger partial charge in [0, 0.05) is 12.8 Å². The summed E-state index contributed by atoms with van der Waals surface area (Å²) in [5.41, 5.74) is 6.92. The fourth-order valence-corrected chi connectivity index (χ4v) is 3.23. The molecular formula is C16H24N4O2. The number of amides is 1. The molecule has 0 aromatic carbocycles. The van der Waals surface area contributed by atoms with Crippen molar-refractivity contribution in [2.45, 2.75) is 51.5 Å². The predicted octanol–water partition coefficient (Wildman–Crippen LogP) is 1.90. The van der Waals surface area contributed by atoms with E-state index < -0.39 is 5.91 Å². The second kappa shape index (κ2) is 6.20. The first kappa shape index (κ1) is 15.2. The Kier molecular flexibility index (Phi) is 4.29. The van der Waals surface area contributed by atoms with E-state index in [-0.39, 0.29) is 11.5 Å². The van der Waals surface area contributed by atoms with Crippen LogP contribution in [0.5, 0.6) is 0 Å². The highest BCUT2D eigenvalue weighted by Crippen LogP contribution is 2.43. The van der Waals surface area contributed by atoms with Crippen molar-refractivity contribution in [3.05, 3.63) is 17.5 Å². The number of primary amides is 1. The molecule has 3 N–H and O–H groups in total. The molecule has 0 radical (unpaired) electrons. The zero-order chi connectivity index (χ0) is 15.6. The van der Waals surface area contributed by atoms with Gasteiger partial charge in [-0.25, -0.2) is 9.97 Å². The van der Waals surface area contributed by atoms with Crippen LogP contribution in [0, 0.1) is 5.41 Å². The molecule has 3 rings (SSSR count). The lowest BCUT2D eigenvalue weighted by Crippen LogP contribution is -2.32. The van der Waals surface area contributed by atoms with Gasteiger partial charge in [0.2, 0.25) is 5.95 Å². The van der Waals surface area contributed by atoms with Crippen molar-refractivity contribution in [3.8, 4) is 0 Å². The Morgan fingerprint density at radius 2 is 2.32 bits per heavy atom. The molecule has 6 nitrogen and oxygen atoms in total. The van der Waals surface area contributed by atoms with E-state index in [1.807, 2.05) is 0 Å². The van der Waals surface area contributed by atoms with Gasteiger partial charge in [-0.1, -0.05) is 13.3 Å². The first-order chi connectivity index (χ1) is 10.6. The van der Waals surface area contributed by atoms with Gasteiger partial charge in [-0.15, -0.1) is 0 Å². The SMILES string of the molecule is CC1(Cc2nc(N[C@H]3CCCOC3)ncc2C(N)=O)CCC1. The highest BCUT2D eigenvalue weighted by Gasteiger charge is 2.33. The van der Waals surface area contributed by atoms with E-state index in [9.17, 15) is 4.79 Å². The minimum absolute atomic E-state index is 0.236. The molecule has 120 valence electrons. The third-order valence-electron chi connectivity index (χ3n) is 4.78. The topological polar surface area (TPSA) is 90.1 Å². The molecule has 1 amide bonds. The summed E-state index contributed by atoms with van der Waals surface area (Å²) in [6.45, 7) is 3.74. The summed E-state index contributed by atoms with van der Waals surface area (Å²) in [4.78, 5) is 20.4. The molecule has 1 saturated heterocycles. The quantitative estimate of drug-likeness (QED) is 0.867. The van der Waals surface area contributed by atoms with Gasteiger partial charge in [0.05, 0.1) is 23.9 Å². The molecule has 1 aliphatic carbocycles. The summed E-state index contributed by atoms with van der Waals surface area (Å²) in [6.07, 6.45) is 8.03. The van der Waals surface area contributed by atoms with Crippen LogP contribution >= 0.6 is 0 Å². The minimum atomic E-state index is -0.453. The molecule has 22 heavy (non-hydrogen) atoms. The normalized spacial score (nSPS) is 23.6. The molecule has 1 aromatic rings. The van der Waals surface area contributed by atoms with E-state index in [2.05, 4.69) is 22.2 Å². The van der Waals surface area contributed by atoms with Crippen LogP contribution in [0.4, 0.5) is 5.95 Å². The molecular weight excluding hydrogens is 280 g/mol.